The van der Waals surface area contributed by atoms with Crippen LogP contribution in [0.25, 0.3) is 11.3 Å². The number of hydrogen-bond donors (Lipinski definition) is 1. The molecule has 1 N–H and O–H groups in total. The van der Waals surface area contributed by atoms with E-state index in [1.165, 1.54) is 11.3 Å². The van der Waals surface area contributed by atoms with Crippen LogP contribution in [-0.4, -0.2) is 16.1 Å². The average molecular weight is 213 g/mol. The molecule has 0 atom stereocenters. The Kier molecular flexibility index (Phi) is 2.26. The van der Waals surface area contributed by atoms with Gasteiger partial charge in [-0.25, -0.2) is 4.98 Å². The van der Waals surface area contributed by atoms with Gasteiger partial charge in [0.1, 0.15) is 5.82 Å². The summed E-state index contributed by atoms with van der Waals surface area (Å²) in [6.45, 7) is 5.02. The second-order valence-corrected chi connectivity index (χ2v) is 4.16. The van der Waals surface area contributed by atoms with E-state index in [9.17, 15) is 0 Å². The van der Waals surface area contributed by atoms with E-state index in [4.69, 9.17) is 0 Å². The Morgan fingerprint density at radius 1 is 1.25 bits per heavy atom. The Hall–Kier alpha value is -1.61. The molecule has 1 aromatic heterocycles. The van der Waals surface area contributed by atoms with Gasteiger partial charge in [-0.15, -0.1) is 0 Å². The summed E-state index contributed by atoms with van der Waals surface area (Å²) in [5.74, 6) is 1.16. The molecule has 0 saturated heterocycles. The molecule has 1 aromatic carbocycles. The van der Waals surface area contributed by atoms with E-state index in [1.54, 1.807) is 0 Å². The SMILES string of the molecule is Cc1nc2n(c1-c1ccccc1)CCNC2. The van der Waals surface area contributed by atoms with E-state index < -0.39 is 0 Å². The number of benzene rings is 1. The highest BCUT2D eigenvalue weighted by Gasteiger charge is 2.17. The van der Waals surface area contributed by atoms with Crippen LogP contribution in [0.3, 0.4) is 0 Å². The highest BCUT2D eigenvalue weighted by atomic mass is 15.2. The van der Waals surface area contributed by atoms with E-state index in [0.717, 1.165) is 31.2 Å². The minimum absolute atomic E-state index is 0.883. The molecule has 3 rings (SSSR count). The van der Waals surface area contributed by atoms with Gasteiger partial charge in [0.05, 0.1) is 17.9 Å². The fourth-order valence-electron chi connectivity index (χ4n) is 2.36. The highest BCUT2D eigenvalue weighted by Crippen LogP contribution is 2.25. The first-order valence-corrected chi connectivity index (χ1v) is 5.68. The molecular weight excluding hydrogens is 198 g/mol. The zero-order valence-corrected chi connectivity index (χ0v) is 9.40. The van der Waals surface area contributed by atoms with Crippen LogP contribution in [0.4, 0.5) is 0 Å². The van der Waals surface area contributed by atoms with Crippen LogP contribution in [0.1, 0.15) is 11.5 Å². The van der Waals surface area contributed by atoms with Crippen molar-refractivity contribution in [2.45, 2.75) is 20.0 Å². The minimum atomic E-state index is 0.883. The molecule has 2 aromatic rings. The number of nitrogens with zero attached hydrogens (tertiary/aromatic N) is 2. The number of hydrogen-bond acceptors (Lipinski definition) is 2. The van der Waals surface area contributed by atoms with E-state index in [-0.39, 0.29) is 0 Å². The van der Waals surface area contributed by atoms with E-state index >= 15 is 0 Å². The molecule has 0 aliphatic carbocycles. The number of fused-ring (bicyclic) bond motifs is 1. The summed E-state index contributed by atoms with van der Waals surface area (Å²) >= 11 is 0. The van der Waals surface area contributed by atoms with Gasteiger partial charge in [-0.2, -0.15) is 0 Å². The van der Waals surface area contributed by atoms with Crippen LogP contribution in [0.5, 0.6) is 0 Å². The third kappa shape index (κ3) is 1.44. The van der Waals surface area contributed by atoms with Gasteiger partial charge in [0, 0.05) is 18.7 Å². The maximum absolute atomic E-state index is 4.63. The number of aromatic nitrogens is 2. The summed E-state index contributed by atoms with van der Waals surface area (Å²) in [4.78, 5) is 4.63. The smallest absolute Gasteiger partial charge is 0.123 e. The van der Waals surface area contributed by atoms with Gasteiger partial charge in [-0.3, -0.25) is 0 Å². The summed E-state index contributed by atoms with van der Waals surface area (Å²) < 4.78 is 2.33. The Balaban J connectivity index is 2.17. The fraction of sp³-hybridized carbons (Fsp3) is 0.308. The Morgan fingerprint density at radius 3 is 2.88 bits per heavy atom. The van der Waals surface area contributed by atoms with Gasteiger partial charge in [0.25, 0.3) is 0 Å². The van der Waals surface area contributed by atoms with Crippen LogP contribution in [-0.2, 0) is 13.1 Å². The summed E-state index contributed by atoms with van der Waals surface area (Å²) in [7, 11) is 0. The van der Waals surface area contributed by atoms with Gasteiger partial charge >= 0.3 is 0 Å². The lowest BCUT2D eigenvalue weighted by Crippen LogP contribution is -2.28. The second kappa shape index (κ2) is 3.76. The van der Waals surface area contributed by atoms with Crippen LogP contribution in [0.2, 0.25) is 0 Å². The molecule has 16 heavy (non-hydrogen) atoms. The quantitative estimate of drug-likeness (QED) is 0.784. The molecule has 1 aliphatic heterocycles. The number of nitrogens with one attached hydrogen (secondary N) is 1. The second-order valence-electron chi connectivity index (χ2n) is 4.16. The maximum atomic E-state index is 4.63. The van der Waals surface area contributed by atoms with Crippen molar-refractivity contribution in [2.75, 3.05) is 6.54 Å². The Bertz CT molecular complexity index is 499. The standard InChI is InChI=1S/C13H15N3/c1-10-13(11-5-3-2-4-6-11)16-8-7-14-9-12(16)15-10/h2-6,14H,7-9H2,1H3. The summed E-state index contributed by atoms with van der Waals surface area (Å²) in [5.41, 5.74) is 3.67. The third-order valence-electron chi connectivity index (χ3n) is 3.06. The molecule has 3 nitrogen and oxygen atoms in total. The van der Waals surface area contributed by atoms with Crippen molar-refractivity contribution in [3.8, 4) is 11.3 Å². The number of aryl methyl sites for hydroxylation is 1. The molecular formula is C13H15N3. The zero-order chi connectivity index (χ0) is 11.0. The lowest BCUT2D eigenvalue weighted by atomic mass is 10.1. The van der Waals surface area contributed by atoms with E-state index in [0.29, 0.717) is 0 Å². The van der Waals surface area contributed by atoms with Crippen molar-refractivity contribution in [1.29, 1.82) is 0 Å². The third-order valence-corrected chi connectivity index (χ3v) is 3.06. The summed E-state index contributed by atoms with van der Waals surface area (Å²) in [5, 5.41) is 3.35. The van der Waals surface area contributed by atoms with Gasteiger partial charge in [0.15, 0.2) is 0 Å². The van der Waals surface area contributed by atoms with Crippen molar-refractivity contribution in [3.05, 3.63) is 41.9 Å². The Labute approximate surface area is 95.1 Å². The molecule has 2 heterocycles. The van der Waals surface area contributed by atoms with Gasteiger partial charge < -0.3 is 9.88 Å². The predicted octanol–water partition coefficient (Wildman–Crippen LogP) is 1.96. The molecule has 0 saturated carbocycles. The molecule has 1 aliphatic rings. The van der Waals surface area contributed by atoms with Crippen molar-refractivity contribution in [2.24, 2.45) is 0 Å². The average Bonchev–Trinajstić information content (AvgIpc) is 2.66. The van der Waals surface area contributed by atoms with E-state index in [2.05, 4.69) is 46.1 Å². The summed E-state index contributed by atoms with van der Waals surface area (Å²) in [6, 6.07) is 10.5. The molecule has 0 amide bonds. The molecule has 0 spiro atoms. The van der Waals surface area contributed by atoms with Gasteiger partial charge in [0.2, 0.25) is 0 Å². The first kappa shape index (κ1) is 9.60. The maximum Gasteiger partial charge on any atom is 0.123 e. The lowest BCUT2D eigenvalue weighted by molar-refractivity contribution is 0.508. The molecule has 0 bridgehead atoms. The van der Waals surface area contributed by atoms with Crippen LogP contribution in [0, 0.1) is 6.92 Å². The molecule has 0 radical (unpaired) electrons. The van der Waals surface area contributed by atoms with Crippen LogP contribution >= 0.6 is 0 Å². The van der Waals surface area contributed by atoms with Crippen LogP contribution < -0.4 is 5.32 Å². The zero-order valence-electron chi connectivity index (χ0n) is 9.40. The molecule has 82 valence electrons. The first-order valence-electron chi connectivity index (χ1n) is 5.68. The van der Waals surface area contributed by atoms with Crippen molar-refractivity contribution >= 4 is 0 Å². The minimum Gasteiger partial charge on any atom is -0.325 e. The highest BCUT2D eigenvalue weighted by molar-refractivity contribution is 5.62. The van der Waals surface area contributed by atoms with E-state index in [1.807, 2.05) is 6.07 Å². The molecule has 3 heteroatoms. The number of imidazole rings is 1. The topological polar surface area (TPSA) is 29.9 Å². The Morgan fingerprint density at radius 2 is 2.06 bits per heavy atom. The normalized spacial score (nSPS) is 14.8. The predicted molar refractivity (Wildman–Crippen MR) is 64.1 cm³/mol. The first-order chi connectivity index (χ1) is 7.86. The van der Waals surface area contributed by atoms with Gasteiger partial charge in [-0.1, -0.05) is 30.3 Å². The summed E-state index contributed by atoms with van der Waals surface area (Å²) in [6.07, 6.45) is 0. The monoisotopic (exact) mass is 213 g/mol. The lowest BCUT2D eigenvalue weighted by Gasteiger charge is -2.17. The van der Waals surface area contributed by atoms with Crippen LogP contribution in [0.15, 0.2) is 30.3 Å². The fourth-order valence-corrected chi connectivity index (χ4v) is 2.36. The van der Waals surface area contributed by atoms with Crippen molar-refractivity contribution < 1.29 is 0 Å². The van der Waals surface area contributed by atoms with Crippen molar-refractivity contribution in [3.63, 3.8) is 0 Å². The van der Waals surface area contributed by atoms with Gasteiger partial charge in [-0.05, 0) is 6.92 Å². The molecule has 0 unspecified atom stereocenters. The largest absolute Gasteiger partial charge is 0.325 e. The molecule has 0 fully saturated rings. The number of rotatable bonds is 1. The van der Waals surface area contributed by atoms with Crippen molar-refractivity contribution in [1.82, 2.24) is 14.9 Å².